The average Bonchev–Trinajstić information content (AvgIpc) is 2.22. The van der Waals surface area contributed by atoms with Crippen LogP contribution in [-0.2, 0) is 6.42 Å². The normalized spacial score (nSPS) is 10.5. The van der Waals surface area contributed by atoms with Crippen LogP contribution in [-0.4, -0.2) is 23.6 Å². The van der Waals surface area contributed by atoms with Crippen LogP contribution < -0.4 is 4.90 Å². The summed E-state index contributed by atoms with van der Waals surface area (Å²) in [5, 5.41) is 0.569. The van der Waals surface area contributed by atoms with E-state index in [9.17, 15) is 0 Å². The lowest BCUT2D eigenvalue weighted by molar-refractivity contribution is 0.814. The molecule has 0 aliphatic rings. The smallest absolute Gasteiger partial charge is 0.137 e. The van der Waals surface area contributed by atoms with Crippen LogP contribution >= 0.6 is 11.6 Å². The van der Waals surface area contributed by atoms with Gasteiger partial charge in [0.25, 0.3) is 0 Å². The highest BCUT2D eigenvalue weighted by atomic mass is 35.5. The number of halogens is 1. The summed E-state index contributed by atoms with van der Waals surface area (Å²) in [7, 11) is 2.04. The van der Waals surface area contributed by atoms with Crippen molar-refractivity contribution in [3.63, 3.8) is 0 Å². The molecule has 1 rings (SSSR count). The molecule has 0 radical (unpaired) electrons. The summed E-state index contributed by atoms with van der Waals surface area (Å²) < 4.78 is 0. The Bertz CT molecular complexity index is 339. The molecule has 1 aromatic heterocycles. The van der Waals surface area contributed by atoms with E-state index in [1.807, 2.05) is 20.9 Å². The Kier molecular flexibility index (Phi) is 4.33. The van der Waals surface area contributed by atoms with Crippen molar-refractivity contribution in [2.24, 2.45) is 0 Å². The number of aromatic nitrogens is 2. The van der Waals surface area contributed by atoms with E-state index < -0.39 is 0 Å². The third kappa shape index (κ3) is 2.81. The molecule has 1 heterocycles. The molecule has 3 nitrogen and oxygen atoms in total. The quantitative estimate of drug-likeness (QED) is 0.741. The number of aryl methyl sites for hydroxylation is 1. The molecule has 0 aliphatic carbocycles. The van der Waals surface area contributed by atoms with Crippen LogP contribution in [0.25, 0.3) is 0 Å². The average molecular weight is 228 g/mol. The molecular formula is C11H18ClN3. The zero-order chi connectivity index (χ0) is 11.4. The maximum absolute atomic E-state index is 6.06. The van der Waals surface area contributed by atoms with E-state index in [1.54, 1.807) is 0 Å². The molecule has 0 spiro atoms. The monoisotopic (exact) mass is 227 g/mol. The summed E-state index contributed by atoms with van der Waals surface area (Å²) >= 11 is 6.06. The molecule has 4 heteroatoms. The second-order valence-electron chi connectivity index (χ2n) is 3.65. The number of rotatable bonds is 4. The third-order valence-corrected chi connectivity index (χ3v) is 2.71. The molecule has 0 N–H and O–H groups in total. The highest BCUT2D eigenvalue weighted by Crippen LogP contribution is 2.22. The number of hydrogen-bond donors (Lipinski definition) is 0. The topological polar surface area (TPSA) is 29.0 Å². The maximum atomic E-state index is 6.06. The fraction of sp³-hybridized carbons (Fsp3) is 0.636. The molecule has 0 saturated heterocycles. The maximum Gasteiger partial charge on any atom is 0.137 e. The van der Waals surface area contributed by atoms with Crippen molar-refractivity contribution in [2.45, 2.75) is 33.6 Å². The minimum atomic E-state index is 0.569. The molecule has 0 aromatic carbocycles. The van der Waals surface area contributed by atoms with Crippen molar-refractivity contribution in [2.75, 3.05) is 18.5 Å². The van der Waals surface area contributed by atoms with Gasteiger partial charge in [0.2, 0.25) is 0 Å². The molecule has 1 aromatic rings. The van der Waals surface area contributed by atoms with Crippen LogP contribution in [0.4, 0.5) is 5.82 Å². The SMILES string of the molecule is CCCN(C)c1nc(CC)nc(Cl)c1C. The molecule has 84 valence electrons. The van der Waals surface area contributed by atoms with Crippen molar-refractivity contribution in [1.29, 1.82) is 0 Å². The molecule has 0 unspecified atom stereocenters. The first-order valence-corrected chi connectivity index (χ1v) is 5.72. The van der Waals surface area contributed by atoms with Gasteiger partial charge in [-0.15, -0.1) is 0 Å². The molecule has 15 heavy (non-hydrogen) atoms. The fourth-order valence-corrected chi connectivity index (χ4v) is 1.67. The van der Waals surface area contributed by atoms with Gasteiger partial charge in [-0.3, -0.25) is 0 Å². The third-order valence-electron chi connectivity index (χ3n) is 2.34. The van der Waals surface area contributed by atoms with E-state index >= 15 is 0 Å². The predicted molar refractivity (Wildman–Crippen MR) is 64.7 cm³/mol. The van der Waals surface area contributed by atoms with Crippen LogP contribution in [0, 0.1) is 6.92 Å². The Morgan fingerprint density at radius 2 is 1.93 bits per heavy atom. The Morgan fingerprint density at radius 3 is 2.47 bits per heavy atom. The first kappa shape index (κ1) is 12.2. The Hall–Kier alpha value is -0.830. The lowest BCUT2D eigenvalue weighted by Gasteiger charge is -2.20. The summed E-state index contributed by atoms with van der Waals surface area (Å²) in [5.74, 6) is 1.76. The van der Waals surface area contributed by atoms with Gasteiger partial charge in [0.1, 0.15) is 16.8 Å². The summed E-state index contributed by atoms with van der Waals surface area (Å²) in [4.78, 5) is 10.8. The summed E-state index contributed by atoms with van der Waals surface area (Å²) in [6.07, 6.45) is 1.91. The van der Waals surface area contributed by atoms with E-state index in [4.69, 9.17) is 11.6 Å². The number of hydrogen-bond acceptors (Lipinski definition) is 3. The van der Waals surface area contributed by atoms with Gasteiger partial charge in [-0.2, -0.15) is 0 Å². The molecular weight excluding hydrogens is 210 g/mol. The van der Waals surface area contributed by atoms with E-state index in [0.717, 1.165) is 36.6 Å². The lowest BCUT2D eigenvalue weighted by atomic mass is 10.3. The van der Waals surface area contributed by atoms with Gasteiger partial charge < -0.3 is 4.90 Å². The van der Waals surface area contributed by atoms with Crippen LogP contribution in [0.1, 0.15) is 31.7 Å². The second kappa shape index (κ2) is 5.31. The van der Waals surface area contributed by atoms with Gasteiger partial charge in [0, 0.05) is 25.6 Å². The Morgan fingerprint density at radius 1 is 1.27 bits per heavy atom. The molecule has 0 fully saturated rings. The summed E-state index contributed by atoms with van der Waals surface area (Å²) in [6.45, 7) is 7.13. The van der Waals surface area contributed by atoms with Gasteiger partial charge in [-0.25, -0.2) is 9.97 Å². The highest BCUT2D eigenvalue weighted by molar-refractivity contribution is 6.30. The van der Waals surface area contributed by atoms with Gasteiger partial charge >= 0.3 is 0 Å². The highest BCUT2D eigenvalue weighted by Gasteiger charge is 2.11. The zero-order valence-corrected chi connectivity index (χ0v) is 10.6. The van der Waals surface area contributed by atoms with Crippen molar-refractivity contribution in [3.05, 3.63) is 16.5 Å². The van der Waals surface area contributed by atoms with E-state index in [1.165, 1.54) is 0 Å². The first-order valence-electron chi connectivity index (χ1n) is 5.34. The van der Waals surface area contributed by atoms with E-state index in [2.05, 4.69) is 21.8 Å². The Balaban J connectivity index is 3.09. The first-order chi connectivity index (χ1) is 7.10. The van der Waals surface area contributed by atoms with E-state index in [-0.39, 0.29) is 0 Å². The minimum absolute atomic E-state index is 0.569. The zero-order valence-electron chi connectivity index (χ0n) is 9.84. The van der Waals surface area contributed by atoms with Gasteiger partial charge in [0.15, 0.2) is 0 Å². The Labute approximate surface area is 96.5 Å². The van der Waals surface area contributed by atoms with Crippen LogP contribution in [0.5, 0.6) is 0 Å². The van der Waals surface area contributed by atoms with Gasteiger partial charge in [0.05, 0.1) is 0 Å². The summed E-state index contributed by atoms with van der Waals surface area (Å²) in [6, 6.07) is 0. The van der Waals surface area contributed by atoms with Crippen LogP contribution in [0.3, 0.4) is 0 Å². The molecule has 0 aliphatic heterocycles. The van der Waals surface area contributed by atoms with Crippen molar-refractivity contribution < 1.29 is 0 Å². The van der Waals surface area contributed by atoms with Crippen molar-refractivity contribution in [1.82, 2.24) is 9.97 Å². The standard InChI is InChI=1S/C11H18ClN3/c1-5-7-15(4)11-8(3)10(12)13-9(6-2)14-11/h5-7H2,1-4H3. The fourth-order valence-electron chi connectivity index (χ4n) is 1.49. The van der Waals surface area contributed by atoms with E-state index in [0.29, 0.717) is 5.15 Å². The van der Waals surface area contributed by atoms with Gasteiger partial charge in [-0.1, -0.05) is 25.4 Å². The van der Waals surface area contributed by atoms with Crippen LogP contribution in [0.2, 0.25) is 5.15 Å². The number of anilines is 1. The molecule has 0 amide bonds. The van der Waals surface area contributed by atoms with Gasteiger partial charge in [-0.05, 0) is 13.3 Å². The molecule has 0 bridgehead atoms. The lowest BCUT2D eigenvalue weighted by Crippen LogP contribution is -2.21. The number of nitrogens with zero attached hydrogens (tertiary/aromatic N) is 3. The van der Waals surface area contributed by atoms with Crippen molar-refractivity contribution in [3.8, 4) is 0 Å². The largest absolute Gasteiger partial charge is 0.359 e. The van der Waals surface area contributed by atoms with Crippen LogP contribution in [0.15, 0.2) is 0 Å². The predicted octanol–water partition coefficient (Wildman–Crippen LogP) is 2.85. The molecule has 0 saturated carbocycles. The second-order valence-corrected chi connectivity index (χ2v) is 4.01. The molecule has 0 atom stereocenters. The summed E-state index contributed by atoms with van der Waals surface area (Å²) in [5.41, 5.74) is 0.963. The van der Waals surface area contributed by atoms with Crippen molar-refractivity contribution >= 4 is 17.4 Å². The minimum Gasteiger partial charge on any atom is -0.359 e.